The number of carbonyl (C=O) groups is 1. The Morgan fingerprint density at radius 1 is 0.969 bits per heavy atom. The SMILES string of the molecule is COc1ccc(OCC(=O)Nc2ccc(Nc3cc(N4CCCC4)nc(C)n3)cc2)cc1. The molecule has 8 heteroatoms. The zero-order valence-corrected chi connectivity index (χ0v) is 18.3. The van der Waals surface area contributed by atoms with E-state index in [-0.39, 0.29) is 12.5 Å². The maximum atomic E-state index is 12.2. The van der Waals surface area contributed by atoms with E-state index in [9.17, 15) is 4.79 Å². The number of hydrogen-bond donors (Lipinski definition) is 2. The Kier molecular flexibility index (Phi) is 6.69. The van der Waals surface area contributed by atoms with Gasteiger partial charge in [-0.1, -0.05) is 0 Å². The molecule has 0 unspecified atom stereocenters. The third-order valence-corrected chi connectivity index (χ3v) is 5.12. The first-order valence-electron chi connectivity index (χ1n) is 10.6. The lowest BCUT2D eigenvalue weighted by Gasteiger charge is -2.18. The smallest absolute Gasteiger partial charge is 0.262 e. The van der Waals surface area contributed by atoms with Gasteiger partial charge in [0.15, 0.2) is 6.61 Å². The molecule has 0 bridgehead atoms. The number of nitrogens with one attached hydrogen (secondary N) is 2. The van der Waals surface area contributed by atoms with Crippen molar-refractivity contribution in [2.75, 3.05) is 42.3 Å². The molecule has 166 valence electrons. The summed E-state index contributed by atoms with van der Waals surface area (Å²) in [5.41, 5.74) is 1.57. The summed E-state index contributed by atoms with van der Waals surface area (Å²) >= 11 is 0. The lowest BCUT2D eigenvalue weighted by atomic mass is 10.2. The molecule has 1 aromatic heterocycles. The molecule has 2 N–H and O–H groups in total. The standard InChI is InChI=1S/C24H27N5O3/c1-17-25-22(15-23(26-17)29-13-3-4-14-29)27-18-5-7-19(8-6-18)28-24(30)16-32-21-11-9-20(31-2)10-12-21/h5-12,15H,3-4,13-14,16H2,1-2H3,(H,28,30)(H,25,26,27). The molecule has 0 saturated carbocycles. The number of aryl methyl sites for hydroxylation is 1. The first-order valence-corrected chi connectivity index (χ1v) is 10.6. The summed E-state index contributed by atoms with van der Waals surface area (Å²) < 4.78 is 10.6. The predicted octanol–water partition coefficient (Wildman–Crippen LogP) is 4.15. The normalized spacial score (nSPS) is 13.0. The number of hydrogen-bond acceptors (Lipinski definition) is 7. The van der Waals surface area contributed by atoms with E-state index >= 15 is 0 Å². The van der Waals surface area contributed by atoms with Crippen molar-refractivity contribution in [1.82, 2.24) is 9.97 Å². The fourth-order valence-corrected chi connectivity index (χ4v) is 3.53. The van der Waals surface area contributed by atoms with Gasteiger partial charge in [-0.3, -0.25) is 4.79 Å². The quantitative estimate of drug-likeness (QED) is 0.552. The number of rotatable bonds is 8. The molecule has 1 fully saturated rings. The van der Waals surface area contributed by atoms with Gasteiger partial charge in [0.2, 0.25) is 0 Å². The Morgan fingerprint density at radius 3 is 2.31 bits per heavy atom. The van der Waals surface area contributed by atoms with Crippen LogP contribution in [0.15, 0.2) is 54.6 Å². The molecule has 8 nitrogen and oxygen atoms in total. The Balaban J connectivity index is 1.31. The van der Waals surface area contributed by atoms with Gasteiger partial charge in [-0.2, -0.15) is 0 Å². The number of aromatic nitrogens is 2. The molecule has 2 aromatic carbocycles. The minimum atomic E-state index is -0.233. The van der Waals surface area contributed by atoms with Crippen molar-refractivity contribution < 1.29 is 14.3 Å². The second-order valence-corrected chi connectivity index (χ2v) is 7.57. The lowest BCUT2D eigenvalue weighted by molar-refractivity contribution is -0.118. The number of ether oxygens (including phenoxy) is 2. The molecule has 1 aliphatic rings. The van der Waals surface area contributed by atoms with Crippen molar-refractivity contribution in [3.63, 3.8) is 0 Å². The van der Waals surface area contributed by atoms with Crippen LogP contribution < -0.4 is 25.0 Å². The number of methoxy groups -OCH3 is 1. The minimum absolute atomic E-state index is 0.0776. The van der Waals surface area contributed by atoms with Crippen molar-refractivity contribution in [1.29, 1.82) is 0 Å². The maximum absolute atomic E-state index is 12.2. The van der Waals surface area contributed by atoms with Crippen molar-refractivity contribution in [2.45, 2.75) is 19.8 Å². The summed E-state index contributed by atoms with van der Waals surface area (Å²) in [4.78, 5) is 23.5. The molecule has 3 aromatic rings. The van der Waals surface area contributed by atoms with Gasteiger partial charge in [-0.15, -0.1) is 0 Å². The minimum Gasteiger partial charge on any atom is -0.497 e. The van der Waals surface area contributed by atoms with E-state index in [0.29, 0.717) is 11.4 Å². The largest absolute Gasteiger partial charge is 0.497 e. The lowest BCUT2D eigenvalue weighted by Crippen LogP contribution is -2.20. The van der Waals surface area contributed by atoms with E-state index in [1.807, 2.05) is 37.3 Å². The molecule has 0 radical (unpaired) electrons. The van der Waals surface area contributed by atoms with E-state index < -0.39 is 0 Å². The summed E-state index contributed by atoms with van der Waals surface area (Å²) in [5, 5.41) is 6.15. The van der Waals surface area contributed by atoms with Crippen molar-refractivity contribution in [2.24, 2.45) is 0 Å². The zero-order chi connectivity index (χ0) is 22.3. The summed E-state index contributed by atoms with van der Waals surface area (Å²) in [5.74, 6) is 3.55. The highest BCUT2D eigenvalue weighted by Gasteiger charge is 2.15. The molecule has 1 amide bonds. The van der Waals surface area contributed by atoms with E-state index in [1.165, 1.54) is 12.8 Å². The second-order valence-electron chi connectivity index (χ2n) is 7.57. The van der Waals surface area contributed by atoms with Crippen LogP contribution in [0.25, 0.3) is 0 Å². The van der Waals surface area contributed by atoms with E-state index in [4.69, 9.17) is 9.47 Å². The molecule has 32 heavy (non-hydrogen) atoms. The third-order valence-electron chi connectivity index (χ3n) is 5.12. The molecular weight excluding hydrogens is 406 g/mol. The number of anilines is 4. The molecule has 1 aliphatic heterocycles. The summed E-state index contributed by atoms with van der Waals surface area (Å²) in [6, 6.07) is 16.5. The average Bonchev–Trinajstić information content (AvgIpc) is 3.34. The summed E-state index contributed by atoms with van der Waals surface area (Å²) in [7, 11) is 1.60. The fraction of sp³-hybridized carbons (Fsp3) is 0.292. The third kappa shape index (κ3) is 5.66. The van der Waals surface area contributed by atoms with Crippen LogP contribution in [-0.2, 0) is 4.79 Å². The van der Waals surface area contributed by atoms with E-state index in [0.717, 1.165) is 42.0 Å². The first kappa shape index (κ1) is 21.4. The summed E-state index contributed by atoms with van der Waals surface area (Å²) in [6.45, 7) is 3.89. The fourth-order valence-electron chi connectivity index (χ4n) is 3.53. The molecule has 0 atom stereocenters. The Bertz CT molecular complexity index is 1050. The molecule has 1 saturated heterocycles. The predicted molar refractivity (Wildman–Crippen MR) is 125 cm³/mol. The molecule has 0 spiro atoms. The molecule has 4 rings (SSSR count). The van der Waals surface area contributed by atoms with Crippen LogP contribution in [0.4, 0.5) is 23.0 Å². The Morgan fingerprint density at radius 2 is 1.62 bits per heavy atom. The van der Waals surface area contributed by atoms with Gasteiger partial charge in [-0.05, 0) is 68.3 Å². The Labute approximate surface area is 187 Å². The van der Waals surface area contributed by atoms with Gasteiger partial charge in [0.1, 0.15) is 29.0 Å². The highest BCUT2D eigenvalue weighted by molar-refractivity contribution is 5.92. The van der Waals surface area contributed by atoms with Gasteiger partial charge in [0.05, 0.1) is 7.11 Å². The van der Waals surface area contributed by atoms with Crippen LogP contribution in [0.2, 0.25) is 0 Å². The second kappa shape index (κ2) is 10.00. The topological polar surface area (TPSA) is 88.6 Å². The number of nitrogens with zero attached hydrogens (tertiary/aromatic N) is 3. The average molecular weight is 434 g/mol. The van der Waals surface area contributed by atoms with Crippen LogP contribution >= 0.6 is 0 Å². The van der Waals surface area contributed by atoms with Crippen molar-refractivity contribution >= 4 is 28.9 Å². The zero-order valence-electron chi connectivity index (χ0n) is 18.3. The van der Waals surface area contributed by atoms with Crippen molar-refractivity contribution in [3.8, 4) is 11.5 Å². The van der Waals surface area contributed by atoms with Gasteiger partial charge in [0, 0.05) is 30.5 Å². The number of amides is 1. The van der Waals surface area contributed by atoms with Crippen LogP contribution in [-0.4, -0.2) is 42.7 Å². The van der Waals surface area contributed by atoms with Gasteiger partial charge < -0.3 is 25.0 Å². The highest BCUT2D eigenvalue weighted by Crippen LogP contribution is 2.23. The monoisotopic (exact) mass is 433 g/mol. The van der Waals surface area contributed by atoms with E-state index in [1.54, 1.807) is 31.4 Å². The van der Waals surface area contributed by atoms with Gasteiger partial charge >= 0.3 is 0 Å². The van der Waals surface area contributed by atoms with Crippen LogP contribution in [0.1, 0.15) is 18.7 Å². The van der Waals surface area contributed by atoms with Crippen LogP contribution in [0.5, 0.6) is 11.5 Å². The molecule has 0 aliphatic carbocycles. The molecule has 2 heterocycles. The van der Waals surface area contributed by atoms with Gasteiger partial charge in [-0.25, -0.2) is 9.97 Å². The highest BCUT2D eigenvalue weighted by atomic mass is 16.5. The van der Waals surface area contributed by atoms with Crippen LogP contribution in [0, 0.1) is 6.92 Å². The van der Waals surface area contributed by atoms with Gasteiger partial charge in [0.25, 0.3) is 5.91 Å². The van der Waals surface area contributed by atoms with E-state index in [2.05, 4.69) is 25.5 Å². The first-order chi connectivity index (χ1) is 15.6. The maximum Gasteiger partial charge on any atom is 0.262 e. The Hall–Kier alpha value is -3.81. The summed E-state index contributed by atoms with van der Waals surface area (Å²) in [6.07, 6.45) is 2.40. The van der Waals surface area contributed by atoms with Crippen molar-refractivity contribution in [3.05, 3.63) is 60.4 Å². The number of carbonyl (C=O) groups excluding carboxylic acids is 1. The van der Waals surface area contributed by atoms with Crippen LogP contribution in [0.3, 0.4) is 0 Å². The molecular formula is C24H27N5O3. The number of benzene rings is 2.